The molecule has 0 bridgehead atoms. The topological polar surface area (TPSA) is 49.4 Å². The SMILES string of the molecule is O=C1CN(CC2CSCCS2)C(=O)N1. The van der Waals surface area contributed by atoms with E-state index in [1.54, 1.807) is 4.90 Å². The lowest BCUT2D eigenvalue weighted by molar-refractivity contribution is -0.118. The molecule has 4 nitrogen and oxygen atoms in total. The molecule has 0 aromatic carbocycles. The third kappa shape index (κ3) is 2.36. The first kappa shape index (κ1) is 10.2. The number of hydrogen-bond donors (Lipinski definition) is 1. The van der Waals surface area contributed by atoms with Crippen molar-refractivity contribution in [2.75, 3.05) is 30.3 Å². The van der Waals surface area contributed by atoms with E-state index in [9.17, 15) is 9.59 Å². The highest BCUT2D eigenvalue weighted by molar-refractivity contribution is 8.06. The Labute approximate surface area is 91.2 Å². The molecule has 1 atom stereocenters. The van der Waals surface area contributed by atoms with Crippen LogP contribution in [0.5, 0.6) is 0 Å². The van der Waals surface area contributed by atoms with Crippen molar-refractivity contribution in [3.8, 4) is 0 Å². The smallest absolute Gasteiger partial charge is 0.314 e. The lowest BCUT2D eigenvalue weighted by atomic mass is 10.4. The molecule has 0 aromatic rings. The Balaban J connectivity index is 1.84. The monoisotopic (exact) mass is 232 g/mol. The molecule has 6 heteroatoms. The molecular formula is C8H12N2O2S2. The minimum atomic E-state index is -0.230. The molecule has 2 saturated heterocycles. The quantitative estimate of drug-likeness (QED) is 0.700. The summed E-state index contributed by atoms with van der Waals surface area (Å²) in [5.41, 5.74) is 0. The van der Waals surface area contributed by atoms with Crippen molar-refractivity contribution in [1.82, 2.24) is 10.2 Å². The second-order valence-electron chi connectivity index (χ2n) is 3.30. The van der Waals surface area contributed by atoms with Gasteiger partial charge in [0.15, 0.2) is 0 Å². The van der Waals surface area contributed by atoms with Crippen LogP contribution in [0.4, 0.5) is 4.79 Å². The number of amides is 3. The van der Waals surface area contributed by atoms with Crippen molar-refractivity contribution in [1.29, 1.82) is 0 Å². The Morgan fingerprint density at radius 3 is 2.86 bits per heavy atom. The standard InChI is InChI=1S/C8H12N2O2S2/c11-7-4-10(8(12)9-7)3-6-5-13-1-2-14-6/h6H,1-5H2,(H,9,11,12). The zero-order chi connectivity index (χ0) is 9.97. The third-order valence-corrected chi connectivity index (χ3v) is 5.00. The fraction of sp³-hybridized carbons (Fsp3) is 0.750. The maximum Gasteiger partial charge on any atom is 0.324 e. The second kappa shape index (κ2) is 4.44. The van der Waals surface area contributed by atoms with Crippen molar-refractivity contribution in [2.45, 2.75) is 5.25 Å². The van der Waals surface area contributed by atoms with Gasteiger partial charge in [0.25, 0.3) is 0 Å². The van der Waals surface area contributed by atoms with Gasteiger partial charge in [0.1, 0.15) is 6.54 Å². The van der Waals surface area contributed by atoms with Crippen molar-refractivity contribution >= 4 is 35.5 Å². The molecule has 0 aliphatic carbocycles. The highest BCUT2D eigenvalue weighted by Gasteiger charge is 2.29. The molecule has 2 heterocycles. The van der Waals surface area contributed by atoms with Crippen molar-refractivity contribution in [3.63, 3.8) is 0 Å². The normalized spacial score (nSPS) is 28.0. The Hall–Kier alpha value is -0.360. The third-order valence-electron chi connectivity index (χ3n) is 2.18. The van der Waals surface area contributed by atoms with Crippen molar-refractivity contribution < 1.29 is 9.59 Å². The summed E-state index contributed by atoms with van der Waals surface area (Å²) in [6.45, 7) is 0.940. The first-order valence-corrected chi connectivity index (χ1v) is 6.74. The van der Waals surface area contributed by atoms with E-state index in [0.29, 0.717) is 11.8 Å². The average molecular weight is 232 g/mol. The molecule has 2 fully saturated rings. The summed E-state index contributed by atoms with van der Waals surface area (Å²) in [6.07, 6.45) is 0. The number of carbonyl (C=O) groups is 2. The lowest BCUT2D eigenvalue weighted by Crippen LogP contribution is -2.36. The van der Waals surface area contributed by atoms with Gasteiger partial charge in [-0.2, -0.15) is 23.5 Å². The zero-order valence-electron chi connectivity index (χ0n) is 7.69. The van der Waals surface area contributed by atoms with Gasteiger partial charge in [-0.25, -0.2) is 4.79 Å². The van der Waals surface area contributed by atoms with Gasteiger partial charge < -0.3 is 4.90 Å². The second-order valence-corrected chi connectivity index (χ2v) is 5.86. The fourth-order valence-electron chi connectivity index (χ4n) is 1.52. The molecule has 0 radical (unpaired) electrons. The molecule has 0 spiro atoms. The summed E-state index contributed by atoms with van der Waals surface area (Å²) in [4.78, 5) is 23.8. The van der Waals surface area contributed by atoms with Crippen molar-refractivity contribution in [3.05, 3.63) is 0 Å². The van der Waals surface area contributed by atoms with Gasteiger partial charge in [-0.15, -0.1) is 0 Å². The van der Waals surface area contributed by atoms with Crippen LogP contribution >= 0.6 is 23.5 Å². The number of thioether (sulfide) groups is 2. The van der Waals surface area contributed by atoms with E-state index < -0.39 is 0 Å². The highest BCUT2D eigenvalue weighted by atomic mass is 32.2. The van der Waals surface area contributed by atoms with Crippen LogP contribution in [0, 0.1) is 0 Å². The van der Waals surface area contributed by atoms with E-state index in [1.807, 2.05) is 23.5 Å². The van der Waals surface area contributed by atoms with Crippen molar-refractivity contribution in [2.24, 2.45) is 0 Å². The van der Waals surface area contributed by atoms with Crippen LogP contribution in [0.15, 0.2) is 0 Å². The Morgan fingerprint density at radius 2 is 2.29 bits per heavy atom. The maximum atomic E-state index is 11.2. The number of rotatable bonds is 2. The van der Waals surface area contributed by atoms with Gasteiger partial charge >= 0.3 is 6.03 Å². The zero-order valence-corrected chi connectivity index (χ0v) is 9.33. The number of nitrogens with zero attached hydrogens (tertiary/aromatic N) is 1. The van der Waals surface area contributed by atoms with Gasteiger partial charge in [0.2, 0.25) is 5.91 Å². The number of nitrogens with one attached hydrogen (secondary N) is 1. The first-order chi connectivity index (χ1) is 6.75. The largest absolute Gasteiger partial charge is 0.324 e. The van der Waals surface area contributed by atoms with Gasteiger partial charge in [0.05, 0.1) is 0 Å². The summed E-state index contributed by atoms with van der Waals surface area (Å²) < 4.78 is 0. The van der Waals surface area contributed by atoms with Crippen LogP contribution in [0.25, 0.3) is 0 Å². The molecule has 2 aliphatic heterocycles. The van der Waals surface area contributed by atoms with Crippen LogP contribution in [-0.4, -0.2) is 52.4 Å². The molecule has 1 unspecified atom stereocenters. The molecular weight excluding hydrogens is 220 g/mol. The van der Waals surface area contributed by atoms with Gasteiger partial charge in [0, 0.05) is 29.1 Å². The number of carbonyl (C=O) groups excluding carboxylic acids is 2. The summed E-state index contributed by atoms with van der Waals surface area (Å²) in [5, 5.41) is 2.78. The van der Waals surface area contributed by atoms with E-state index in [2.05, 4.69) is 5.32 Å². The molecule has 14 heavy (non-hydrogen) atoms. The van der Waals surface area contributed by atoms with Gasteiger partial charge in [-0.1, -0.05) is 0 Å². The molecule has 2 rings (SSSR count). The van der Waals surface area contributed by atoms with Crippen LogP contribution in [0.1, 0.15) is 0 Å². The average Bonchev–Trinajstić information content (AvgIpc) is 2.47. The minimum Gasteiger partial charge on any atom is -0.314 e. The van der Waals surface area contributed by atoms with Crippen LogP contribution in [0.3, 0.4) is 0 Å². The summed E-state index contributed by atoms with van der Waals surface area (Å²) >= 11 is 3.82. The first-order valence-electron chi connectivity index (χ1n) is 4.54. The van der Waals surface area contributed by atoms with Crippen LogP contribution < -0.4 is 5.32 Å². The fourth-order valence-corrected chi connectivity index (χ4v) is 4.20. The number of hydrogen-bond acceptors (Lipinski definition) is 4. The van der Waals surface area contributed by atoms with Crippen LogP contribution in [-0.2, 0) is 4.79 Å². The lowest BCUT2D eigenvalue weighted by Gasteiger charge is -2.24. The van der Waals surface area contributed by atoms with E-state index in [-0.39, 0.29) is 18.5 Å². The summed E-state index contributed by atoms with van der Waals surface area (Å²) in [7, 11) is 0. The van der Waals surface area contributed by atoms with E-state index in [0.717, 1.165) is 11.5 Å². The van der Waals surface area contributed by atoms with Gasteiger partial charge in [-0.05, 0) is 0 Å². The minimum absolute atomic E-state index is 0.177. The Bertz CT molecular complexity index is 254. The predicted molar refractivity (Wildman–Crippen MR) is 58.7 cm³/mol. The van der Waals surface area contributed by atoms with E-state index in [4.69, 9.17) is 0 Å². The molecule has 3 amide bonds. The molecule has 78 valence electrons. The number of imide groups is 1. The maximum absolute atomic E-state index is 11.2. The van der Waals surface area contributed by atoms with Crippen LogP contribution in [0.2, 0.25) is 0 Å². The molecule has 2 aliphatic rings. The summed E-state index contributed by atoms with van der Waals surface area (Å²) in [5.74, 6) is 3.26. The predicted octanol–water partition coefficient (Wildman–Crippen LogP) is 0.387. The van der Waals surface area contributed by atoms with E-state index in [1.165, 1.54) is 5.75 Å². The number of urea groups is 1. The highest BCUT2D eigenvalue weighted by Crippen LogP contribution is 2.24. The molecule has 1 N–H and O–H groups in total. The Morgan fingerprint density at radius 1 is 1.43 bits per heavy atom. The molecule has 0 aromatic heterocycles. The van der Waals surface area contributed by atoms with E-state index >= 15 is 0 Å². The molecule has 0 saturated carbocycles. The van der Waals surface area contributed by atoms with Gasteiger partial charge in [-0.3, -0.25) is 10.1 Å². The Kier molecular flexibility index (Phi) is 3.22. The summed E-state index contributed by atoms with van der Waals surface area (Å²) in [6, 6.07) is -0.230.